The number of anilines is 1. The molecule has 0 unspecified atom stereocenters. The zero-order valence-electron chi connectivity index (χ0n) is 18.9. The smallest absolute Gasteiger partial charge is 0.181 e. The Morgan fingerprint density at radius 1 is 1.07 bits per heavy atom. The summed E-state index contributed by atoms with van der Waals surface area (Å²) < 4.78 is 2.14. The first-order valence-electron chi connectivity index (χ1n) is 11.0. The lowest BCUT2D eigenvalue weighted by Crippen LogP contribution is -2.30. The summed E-state index contributed by atoms with van der Waals surface area (Å²) in [6.07, 6.45) is 4.85. The van der Waals surface area contributed by atoms with Crippen LogP contribution in [0.15, 0.2) is 24.3 Å². The van der Waals surface area contributed by atoms with Crippen LogP contribution < -0.4 is 4.90 Å². The molecule has 0 saturated carbocycles. The summed E-state index contributed by atoms with van der Waals surface area (Å²) in [5, 5.41) is 4.88. The fraction of sp³-hybridized carbons (Fsp3) is 0.652. The highest BCUT2D eigenvalue weighted by Gasteiger charge is 2.19. The van der Waals surface area contributed by atoms with Crippen LogP contribution in [0, 0.1) is 5.92 Å². The van der Waals surface area contributed by atoms with Gasteiger partial charge < -0.3 is 14.7 Å². The number of likely N-dealkylation sites (tertiary alicyclic amines) is 1. The maximum Gasteiger partial charge on any atom is 0.181 e. The molecule has 6 nitrogen and oxygen atoms in total. The van der Waals surface area contributed by atoms with Gasteiger partial charge in [-0.25, -0.2) is 9.67 Å². The van der Waals surface area contributed by atoms with E-state index in [1.807, 2.05) is 0 Å². The third kappa shape index (κ3) is 6.03. The molecule has 0 N–H and O–H groups in total. The van der Waals surface area contributed by atoms with E-state index in [0.29, 0.717) is 0 Å². The molecular formula is C23H38N6. The number of aryl methyl sites for hydroxylation is 1. The second-order valence-corrected chi connectivity index (χ2v) is 8.72. The molecule has 0 radical (unpaired) electrons. The van der Waals surface area contributed by atoms with Crippen molar-refractivity contribution in [1.29, 1.82) is 0 Å². The van der Waals surface area contributed by atoms with Crippen LogP contribution >= 0.6 is 0 Å². The van der Waals surface area contributed by atoms with Gasteiger partial charge >= 0.3 is 0 Å². The molecule has 2 heterocycles. The van der Waals surface area contributed by atoms with Crippen LogP contribution in [0.5, 0.6) is 0 Å². The van der Waals surface area contributed by atoms with Gasteiger partial charge in [0.15, 0.2) is 5.82 Å². The van der Waals surface area contributed by atoms with E-state index in [2.05, 4.69) is 78.8 Å². The van der Waals surface area contributed by atoms with Crippen molar-refractivity contribution in [3.8, 4) is 11.4 Å². The molecule has 1 saturated heterocycles. The highest BCUT2D eigenvalue weighted by molar-refractivity contribution is 5.60. The quantitative estimate of drug-likeness (QED) is 0.649. The van der Waals surface area contributed by atoms with E-state index in [0.717, 1.165) is 49.2 Å². The molecule has 0 spiro atoms. The minimum absolute atomic E-state index is 0.817. The Labute approximate surface area is 176 Å². The van der Waals surface area contributed by atoms with Gasteiger partial charge in [-0.3, -0.25) is 0 Å². The molecule has 0 atom stereocenters. The summed E-state index contributed by atoms with van der Waals surface area (Å²) in [5.41, 5.74) is 2.33. The Balaban J connectivity index is 1.73. The van der Waals surface area contributed by atoms with Gasteiger partial charge in [-0.2, -0.15) is 5.10 Å². The van der Waals surface area contributed by atoms with Gasteiger partial charge in [-0.15, -0.1) is 0 Å². The zero-order chi connectivity index (χ0) is 20.8. The van der Waals surface area contributed by atoms with E-state index >= 15 is 0 Å². The summed E-state index contributed by atoms with van der Waals surface area (Å²) in [6, 6.07) is 8.62. The largest absolute Gasteiger partial charge is 0.375 e. The van der Waals surface area contributed by atoms with Gasteiger partial charge in [0, 0.05) is 37.8 Å². The molecule has 1 fully saturated rings. The number of likely N-dealkylation sites (N-methyl/N-ethyl adjacent to an activating group) is 1. The molecule has 160 valence electrons. The van der Waals surface area contributed by atoms with Crippen LogP contribution in [0.25, 0.3) is 11.4 Å². The Kier molecular flexibility index (Phi) is 7.67. The second-order valence-electron chi connectivity index (χ2n) is 8.72. The third-order valence-corrected chi connectivity index (χ3v) is 6.16. The normalized spacial score (nSPS) is 15.9. The van der Waals surface area contributed by atoms with Crippen LogP contribution in [0.2, 0.25) is 0 Å². The van der Waals surface area contributed by atoms with E-state index in [1.165, 1.54) is 38.0 Å². The summed E-state index contributed by atoms with van der Waals surface area (Å²) in [7, 11) is 8.56. The minimum atomic E-state index is 0.817. The highest BCUT2D eigenvalue weighted by Crippen LogP contribution is 2.24. The van der Waals surface area contributed by atoms with Gasteiger partial charge in [0.2, 0.25) is 0 Å². The maximum atomic E-state index is 4.96. The Morgan fingerprint density at radius 3 is 2.38 bits per heavy atom. The Morgan fingerprint density at radius 2 is 1.76 bits per heavy atom. The monoisotopic (exact) mass is 398 g/mol. The molecule has 0 aliphatic carbocycles. The van der Waals surface area contributed by atoms with Gasteiger partial charge in [-0.05, 0) is 90.6 Å². The van der Waals surface area contributed by atoms with Crippen molar-refractivity contribution in [2.24, 2.45) is 5.92 Å². The van der Waals surface area contributed by atoms with Gasteiger partial charge in [0.05, 0.1) is 6.54 Å². The number of rotatable bonds is 9. The van der Waals surface area contributed by atoms with E-state index in [1.54, 1.807) is 0 Å². The molecule has 1 aromatic heterocycles. The van der Waals surface area contributed by atoms with Crippen LogP contribution in [0.1, 0.15) is 32.0 Å². The van der Waals surface area contributed by atoms with E-state index in [-0.39, 0.29) is 0 Å². The van der Waals surface area contributed by atoms with Gasteiger partial charge in [0.1, 0.15) is 5.82 Å². The molecule has 0 amide bonds. The minimum Gasteiger partial charge on any atom is -0.375 e. The molecule has 1 aliphatic heterocycles. The van der Waals surface area contributed by atoms with Crippen molar-refractivity contribution >= 4 is 5.69 Å². The number of nitrogens with zero attached hydrogens (tertiary/aromatic N) is 6. The lowest BCUT2D eigenvalue weighted by atomic mass is 9.92. The fourth-order valence-electron chi connectivity index (χ4n) is 3.89. The first kappa shape index (κ1) is 21.8. The summed E-state index contributed by atoms with van der Waals surface area (Å²) in [6.45, 7) is 7.48. The lowest BCUT2D eigenvalue weighted by Gasteiger charge is -2.28. The predicted octanol–water partition coefficient (Wildman–Crippen LogP) is 3.24. The molecule has 1 aromatic carbocycles. The zero-order valence-corrected chi connectivity index (χ0v) is 18.9. The van der Waals surface area contributed by atoms with Crippen molar-refractivity contribution in [3.05, 3.63) is 30.1 Å². The van der Waals surface area contributed by atoms with Crippen LogP contribution in [-0.2, 0) is 13.0 Å². The number of aromatic nitrogens is 3. The molecule has 1 aliphatic rings. The van der Waals surface area contributed by atoms with Crippen LogP contribution in [0.3, 0.4) is 0 Å². The lowest BCUT2D eigenvalue weighted by molar-refractivity contribution is 0.211. The van der Waals surface area contributed by atoms with Crippen molar-refractivity contribution < 1.29 is 0 Å². The van der Waals surface area contributed by atoms with Gasteiger partial charge in [0.25, 0.3) is 0 Å². The molecule has 29 heavy (non-hydrogen) atoms. The van der Waals surface area contributed by atoms with E-state index < -0.39 is 0 Å². The number of piperidine rings is 1. The molecule has 6 heteroatoms. The van der Waals surface area contributed by atoms with Crippen LogP contribution in [0.4, 0.5) is 5.69 Å². The van der Waals surface area contributed by atoms with Crippen molar-refractivity contribution in [2.45, 2.75) is 39.2 Å². The van der Waals surface area contributed by atoms with E-state index in [4.69, 9.17) is 10.1 Å². The summed E-state index contributed by atoms with van der Waals surface area (Å²) in [4.78, 5) is 11.8. The average Bonchev–Trinajstić information content (AvgIpc) is 3.14. The molecular weight excluding hydrogens is 360 g/mol. The van der Waals surface area contributed by atoms with Crippen molar-refractivity contribution in [2.75, 3.05) is 59.3 Å². The average molecular weight is 399 g/mol. The first-order valence-corrected chi connectivity index (χ1v) is 11.0. The number of hydrogen-bond acceptors (Lipinski definition) is 5. The molecule has 0 bridgehead atoms. The maximum absolute atomic E-state index is 4.96. The topological polar surface area (TPSA) is 40.4 Å². The SMILES string of the molecule is CCN(C)c1ccc(-c2nc(CCC3CCN(C)CC3)n(CCN(C)C)n2)cc1. The Bertz CT molecular complexity index is 743. The van der Waals surface area contributed by atoms with Crippen molar-refractivity contribution in [1.82, 2.24) is 24.6 Å². The predicted molar refractivity (Wildman–Crippen MR) is 121 cm³/mol. The van der Waals surface area contributed by atoms with E-state index in [9.17, 15) is 0 Å². The first-order chi connectivity index (χ1) is 14.0. The molecule has 2 aromatic rings. The second kappa shape index (κ2) is 10.2. The standard InChI is InChI=1S/C23H38N6/c1-6-28(5)21-10-8-20(9-11-21)23-24-22(29(25-23)18-17-26(2)3)12-7-19-13-15-27(4)16-14-19/h8-11,19H,6-7,12-18H2,1-5H3. The molecule has 3 rings (SSSR count). The highest BCUT2D eigenvalue weighted by atomic mass is 15.4. The summed E-state index contributed by atoms with van der Waals surface area (Å²) >= 11 is 0. The number of benzene rings is 1. The van der Waals surface area contributed by atoms with Crippen LogP contribution in [-0.4, -0.2) is 78.9 Å². The third-order valence-electron chi connectivity index (χ3n) is 6.16. The Hall–Kier alpha value is -1.92. The van der Waals surface area contributed by atoms with Gasteiger partial charge in [-0.1, -0.05) is 0 Å². The number of hydrogen-bond donors (Lipinski definition) is 0. The summed E-state index contributed by atoms with van der Waals surface area (Å²) in [5.74, 6) is 2.81. The van der Waals surface area contributed by atoms with Crippen molar-refractivity contribution in [3.63, 3.8) is 0 Å². The fourth-order valence-corrected chi connectivity index (χ4v) is 3.89.